The summed E-state index contributed by atoms with van der Waals surface area (Å²) >= 11 is 0. The Morgan fingerprint density at radius 2 is 2.05 bits per heavy atom. The molecule has 0 saturated heterocycles. The molecule has 1 aromatic rings. The number of nitrogens with zero attached hydrogens (tertiary/aromatic N) is 1. The van der Waals surface area contributed by atoms with E-state index in [4.69, 9.17) is 4.74 Å². The lowest BCUT2D eigenvalue weighted by molar-refractivity contribution is -0.120. The highest BCUT2D eigenvalue weighted by atomic mass is 16.5. The fourth-order valence-corrected chi connectivity index (χ4v) is 2.31. The summed E-state index contributed by atoms with van der Waals surface area (Å²) in [6.07, 6.45) is -0.668. The van der Waals surface area contributed by atoms with E-state index >= 15 is 0 Å². The van der Waals surface area contributed by atoms with Gasteiger partial charge in [-0.2, -0.15) is 0 Å². The minimum Gasteiger partial charge on any atom is -0.496 e. The van der Waals surface area contributed by atoms with Crippen molar-refractivity contribution >= 4 is 11.6 Å². The molecule has 0 bridgehead atoms. The quantitative estimate of drug-likeness (QED) is 0.808. The summed E-state index contributed by atoms with van der Waals surface area (Å²) in [5.41, 5.74) is 1.53. The van der Waals surface area contributed by atoms with Crippen LogP contribution in [0, 0.1) is 0 Å². The zero-order valence-corrected chi connectivity index (χ0v) is 13.5. The topological polar surface area (TPSA) is 61.8 Å². The van der Waals surface area contributed by atoms with Crippen LogP contribution in [0.1, 0.15) is 39.4 Å². The first-order valence-electron chi connectivity index (χ1n) is 7.29. The van der Waals surface area contributed by atoms with Gasteiger partial charge in [-0.3, -0.25) is 4.79 Å². The number of rotatable bonds is 7. The molecule has 1 rings (SSSR count). The summed E-state index contributed by atoms with van der Waals surface area (Å²) in [6, 6.07) is 5.69. The van der Waals surface area contributed by atoms with Crippen LogP contribution < -0.4 is 15.0 Å². The molecule has 1 amide bonds. The number of hydrogen-bond acceptors (Lipinski definition) is 4. The Balaban J connectivity index is 3.08. The number of carbonyl (C=O) groups excluding carboxylic acids is 1. The van der Waals surface area contributed by atoms with Gasteiger partial charge in [0.15, 0.2) is 0 Å². The number of likely N-dealkylation sites (N-methyl/N-ethyl adjacent to an activating group) is 1. The summed E-state index contributed by atoms with van der Waals surface area (Å²) < 4.78 is 5.32. The number of methoxy groups -OCH3 is 1. The molecule has 0 saturated carbocycles. The minimum atomic E-state index is -0.668. The number of nitrogens with one attached hydrogen (secondary N) is 1. The lowest BCUT2D eigenvalue weighted by atomic mass is 10.1. The van der Waals surface area contributed by atoms with Gasteiger partial charge in [0.1, 0.15) is 5.75 Å². The van der Waals surface area contributed by atoms with Crippen molar-refractivity contribution in [2.45, 2.75) is 39.8 Å². The third kappa shape index (κ3) is 4.63. The highest BCUT2D eigenvalue weighted by molar-refractivity contribution is 5.82. The van der Waals surface area contributed by atoms with Crippen LogP contribution in [0.15, 0.2) is 18.2 Å². The normalized spacial score (nSPS) is 12.1. The van der Waals surface area contributed by atoms with Gasteiger partial charge >= 0.3 is 0 Å². The van der Waals surface area contributed by atoms with E-state index < -0.39 is 6.10 Å². The number of amides is 1. The Labute approximate surface area is 126 Å². The smallest absolute Gasteiger partial charge is 0.239 e. The van der Waals surface area contributed by atoms with Crippen molar-refractivity contribution in [3.05, 3.63) is 23.8 Å². The molecule has 5 nitrogen and oxygen atoms in total. The molecule has 2 N–H and O–H groups in total. The molecule has 0 aromatic heterocycles. The molecule has 0 spiro atoms. The van der Waals surface area contributed by atoms with Crippen molar-refractivity contribution in [2.75, 3.05) is 25.1 Å². The summed E-state index contributed by atoms with van der Waals surface area (Å²) in [6.45, 7) is 8.46. The number of benzene rings is 1. The Hall–Kier alpha value is -1.75. The average Bonchev–Trinajstić information content (AvgIpc) is 2.42. The zero-order valence-electron chi connectivity index (χ0n) is 13.5. The number of hydrogen-bond donors (Lipinski definition) is 2. The van der Waals surface area contributed by atoms with Gasteiger partial charge in [-0.15, -0.1) is 0 Å². The second-order valence-electron chi connectivity index (χ2n) is 5.31. The van der Waals surface area contributed by atoms with Crippen molar-refractivity contribution in [1.29, 1.82) is 0 Å². The zero-order chi connectivity index (χ0) is 16.0. The fourth-order valence-electron chi connectivity index (χ4n) is 2.31. The van der Waals surface area contributed by atoms with Gasteiger partial charge in [-0.1, -0.05) is 6.07 Å². The Morgan fingerprint density at radius 1 is 1.38 bits per heavy atom. The van der Waals surface area contributed by atoms with Crippen LogP contribution in [0.3, 0.4) is 0 Å². The van der Waals surface area contributed by atoms with E-state index in [-0.39, 0.29) is 18.5 Å². The molecule has 118 valence electrons. The second-order valence-corrected chi connectivity index (χ2v) is 5.31. The predicted octanol–water partition coefficient (Wildman–Crippen LogP) is 2.10. The van der Waals surface area contributed by atoms with E-state index in [0.29, 0.717) is 17.9 Å². The third-order valence-electron chi connectivity index (χ3n) is 3.19. The van der Waals surface area contributed by atoms with Gasteiger partial charge in [-0.25, -0.2) is 0 Å². The number of anilines is 1. The molecule has 1 atom stereocenters. The minimum absolute atomic E-state index is 0.0359. The molecule has 0 aliphatic carbocycles. The van der Waals surface area contributed by atoms with Crippen molar-refractivity contribution < 1.29 is 14.6 Å². The Bertz CT molecular complexity index is 473. The maximum atomic E-state index is 12.0. The monoisotopic (exact) mass is 294 g/mol. The van der Waals surface area contributed by atoms with E-state index in [1.165, 1.54) is 0 Å². The number of aliphatic hydroxyl groups is 1. The molecule has 0 heterocycles. The van der Waals surface area contributed by atoms with E-state index in [0.717, 1.165) is 5.69 Å². The second kappa shape index (κ2) is 7.88. The molecule has 0 unspecified atom stereocenters. The van der Waals surface area contributed by atoms with Crippen LogP contribution >= 0.6 is 0 Å². The summed E-state index contributed by atoms with van der Waals surface area (Å²) in [5.74, 6) is 0.594. The van der Waals surface area contributed by atoms with Crippen molar-refractivity contribution in [1.82, 2.24) is 5.32 Å². The van der Waals surface area contributed by atoms with Crippen LogP contribution in [-0.2, 0) is 4.79 Å². The molecule has 0 radical (unpaired) electrons. The van der Waals surface area contributed by atoms with Crippen LogP contribution in [-0.4, -0.2) is 37.3 Å². The standard InChI is InChI=1S/C16H26N2O3/c1-6-18(10-15(20)17-11(2)3)13-8-7-9-14(21-5)16(13)12(4)19/h7-9,11-12,19H,6,10H2,1-5H3,(H,17,20)/t12-/m0/s1. The van der Waals surface area contributed by atoms with E-state index in [1.807, 2.05) is 43.9 Å². The van der Waals surface area contributed by atoms with Crippen molar-refractivity contribution in [2.24, 2.45) is 0 Å². The van der Waals surface area contributed by atoms with Crippen LogP contribution in [0.25, 0.3) is 0 Å². The first kappa shape index (κ1) is 17.3. The lowest BCUT2D eigenvalue weighted by Crippen LogP contribution is -2.40. The first-order valence-corrected chi connectivity index (χ1v) is 7.29. The van der Waals surface area contributed by atoms with Crippen molar-refractivity contribution in [3.63, 3.8) is 0 Å². The molecular weight excluding hydrogens is 268 g/mol. The fraction of sp³-hybridized carbons (Fsp3) is 0.562. The molecule has 0 aliphatic heterocycles. The Kier molecular flexibility index (Phi) is 6.49. The SMILES string of the molecule is CCN(CC(=O)NC(C)C)c1cccc(OC)c1[C@H](C)O. The third-order valence-corrected chi connectivity index (χ3v) is 3.19. The molecule has 1 aromatic carbocycles. The summed E-state index contributed by atoms with van der Waals surface area (Å²) in [7, 11) is 1.58. The largest absolute Gasteiger partial charge is 0.496 e. The first-order chi connectivity index (χ1) is 9.90. The van der Waals surface area contributed by atoms with Gasteiger partial charge in [0, 0.05) is 23.8 Å². The van der Waals surface area contributed by atoms with Gasteiger partial charge < -0.3 is 20.1 Å². The average molecular weight is 294 g/mol. The molecule has 21 heavy (non-hydrogen) atoms. The van der Waals surface area contributed by atoms with Gasteiger partial charge in [0.25, 0.3) is 0 Å². The van der Waals surface area contributed by atoms with E-state index in [2.05, 4.69) is 5.32 Å². The highest BCUT2D eigenvalue weighted by Crippen LogP contribution is 2.34. The van der Waals surface area contributed by atoms with Crippen LogP contribution in [0.5, 0.6) is 5.75 Å². The maximum absolute atomic E-state index is 12.0. The predicted molar refractivity (Wildman–Crippen MR) is 84.8 cm³/mol. The number of carbonyl (C=O) groups is 1. The lowest BCUT2D eigenvalue weighted by Gasteiger charge is -2.27. The van der Waals surface area contributed by atoms with Gasteiger partial charge in [0.2, 0.25) is 5.91 Å². The number of aliphatic hydroxyl groups excluding tert-OH is 1. The molecule has 5 heteroatoms. The van der Waals surface area contributed by atoms with E-state index in [1.54, 1.807) is 14.0 Å². The molecule has 0 aliphatic rings. The molecular formula is C16H26N2O3. The van der Waals surface area contributed by atoms with Crippen molar-refractivity contribution in [3.8, 4) is 5.75 Å². The van der Waals surface area contributed by atoms with Crippen LogP contribution in [0.4, 0.5) is 5.69 Å². The van der Waals surface area contributed by atoms with Gasteiger partial charge in [0.05, 0.1) is 19.8 Å². The molecule has 0 fully saturated rings. The summed E-state index contributed by atoms with van der Waals surface area (Å²) in [4.78, 5) is 13.9. The maximum Gasteiger partial charge on any atom is 0.239 e. The van der Waals surface area contributed by atoms with Gasteiger partial charge in [-0.05, 0) is 39.8 Å². The Morgan fingerprint density at radius 3 is 2.52 bits per heavy atom. The van der Waals surface area contributed by atoms with Crippen LogP contribution in [0.2, 0.25) is 0 Å². The van der Waals surface area contributed by atoms with E-state index in [9.17, 15) is 9.90 Å². The summed E-state index contributed by atoms with van der Waals surface area (Å²) in [5, 5.41) is 12.9. The number of ether oxygens (including phenoxy) is 1. The highest BCUT2D eigenvalue weighted by Gasteiger charge is 2.19.